The molecular weight excluding hydrogens is 262 g/mol. The minimum absolute atomic E-state index is 0.243. The highest BCUT2D eigenvalue weighted by Crippen LogP contribution is 2.26. The van der Waals surface area contributed by atoms with Crippen molar-refractivity contribution in [1.82, 2.24) is 4.31 Å². The number of nitrogens with zero attached hydrogens (tertiary/aromatic N) is 1. The molecule has 7 nitrogen and oxygen atoms in total. The van der Waals surface area contributed by atoms with Gasteiger partial charge in [0.05, 0.1) is 13.5 Å². The van der Waals surface area contributed by atoms with Crippen LogP contribution in [0.2, 0.25) is 0 Å². The average molecular weight is 279 g/mol. The Kier molecular flexibility index (Phi) is 4.69. The summed E-state index contributed by atoms with van der Waals surface area (Å²) in [5.41, 5.74) is 0. The summed E-state index contributed by atoms with van der Waals surface area (Å²) in [6.07, 6.45) is 0.859. The molecule has 104 valence electrons. The number of carboxylic acids is 1. The molecule has 0 radical (unpaired) electrons. The van der Waals surface area contributed by atoms with Crippen molar-refractivity contribution in [3.63, 3.8) is 0 Å². The number of hydrogen-bond acceptors (Lipinski definition) is 5. The maximum atomic E-state index is 12.2. The van der Waals surface area contributed by atoms with Gasteiger partial charge in [-0.2, -0.15) is 4.31 Å². The summed E-state index contributed by atoms with van der Waals surface area (Å²) in [5.74, 6) is -1.89. The standard InChI is InChI=1S/C10H17NO6S/c1-7(10(14)17-2)18(15,16)11-5-3-4-8(11)6-9(12)13/h7-8H,3-6H2,1-2H3,(H,12,13). The molecular formula is C10H17NO6S. The Labute approximate surface area is 106 Å². The molecule has 0 amide bonds. The van der Waals surface area contributed by atoms with Crippen molar-refractivity contribution >= 4 is 22.0 Å². The van der Waals surface area contributed by atoms with E-state index in [0.717, 1.165) is 11.4 Å². The molecule has 18 heavy (non-hydrogen) atoms. The predicted molar refractivity (Wildman–Crippen MR) is 62.4 cm³/mol. The molecule has 1 rings (SSSR count). The highest BCUT2D eigenvalue weighted by molar-refractivity contribution is 7.90. The Bertz CT molecular complexity index is 432. The summed E-state index contributed by atoms with van der Waals surface area (Å²) in [5, 5.41) is 7.43. The van der Waals surface area contributed by atoms with Crippen molar-refractivity contribution in [2.24, 2.45) is 0 Å². The van der Waals surface area contributed by atoms with E-state index in [1.165, 1.54) is 6.92 Å². The highest BCUT2D eigenvalue weighted by atomic mass is 32.2. The molecule has 0 aromatic carbocycles. The van der Waals surface area contributed by atoms with Crippen LogP contribution < -0.4 is 0 Å². The molecule has 2 unspecified atom stereocenters. The molecule has 2 atom stereocenters. The molecule has 8 heteroatoms. The number of hydrogen-bond donors (Lipinski definition) is 1. The predicted octanol–water partition coefficient (Wildman–Crippen LogP) is -0.183. The third kappa shape index (κ3) is 2.99. The number of sulfonamides is 1. The quantitative estimate of drug-likeness (QED) is 0.700. The molecule has 0 aliphatic carbocycles. The molecule has 1 aliphatic heterocycles. The molecule has 1 saturated heterocycles. The highest BCUT2D eigenvalue weighted by Gasteiger charge is 2.41. The molecule has 0 saturated carbocycles. The minimum atomic E-state index is -3.85. The van der Waals surface area contributed by atoms with E-state index in [1.54, 1.807) is 0 Å². The maximum absolute atomic E-state index is 12.2. The lowest BCUT2D eigenvalue weighted by atomic mass is 10.2. The number of carbonyl (C=O) groups excluding carboxylic acids is 1. The van der Waals surface area contributed by atoms with Gasteiger partial charge in [-0.3, -0.25) is 9.59 Å². The number of methoxy groups -OCH3 is 1. The van der Waals surface area contributed by atoms with E-state index in [-0.39, 0.29) is 13.0 Å². The number of rotatable bonds is 5. The maximum Gasteiger partial charge on any atom is 0.325 e. The van der Waals surface area contributed by atoms with Gasteiger partial charge in [0.2, 0.25) is 10.0 Å². The van der Waals surface area contributed by atoms with Crippen molar-refractivity contribution in [2.45, 2.75) is 37.5 Å². The van der Waals surface area contributed by atoms with E-state index >= 15 is 0 Å². The minimum Gasteiger partial charge on any atom is -0.481 e. The number of ether oxygens (including phenoxy) is 1. The van der Waals surface area contributed by atoms with Gasteiger partial charge in [0.1, 0.15) is 0 Å². The van der Waals surface area contributed by atoms with E-state index in [2.05, 4.69) is 4.74 Å². The first-order valence-electron chi connectivity index (χ1n) is 5.61. The molecule has 0 aromatic heterocycles. The molecule has 1 aliphatic rings. The second-order valence-corrected chi connectivity index (χ2v) is 6.42. The molecule has 0 aromatic rings. The lowest BCUT2D eigenvalue weighted by molar-refractivity contribution is -0.140. The Morgan fingerprint density at radius 1 is 1.50 bits per heavy atom. The van der Waals surface area contributed by atoms with Crippen LogP contribution in [0.15, 0.2) is 0 Å². The lowest BCUT2D eigenvalue weighted by Crippen LogP contribution is -2.44. The third-order valence-corrected chi connectivity index (χ3v) is 5.26. The monoisotopic (exact) mass is 279 g/mol. The SMILES string of the molecule is COC(=O)C(C)S(=O)(=O)N1CCCC1CC(=O)O. The zero-order valence-corrected chi connectivity index (χ0v) is 11.1. The number of carboxylic acid groups (broad SMARTS) is 1. The molecule has 1 fully saturated rings. The summed E-state index contributed by atoms with van der Waals surface area (Å²) < 4.78 is 29.8. The van der Waals surface area contributed by atoms with Crippen LogP contribution in [0.5, 0.6) is 0 Å². The van der Waals surface area contributed by atoms with Gasteiger partial charge in [-0.15, -0.1) is 0 Å². The number of aliphatic carboxylic acids is 1. The summed E-state index contributed by atoms with van der Waals surface area (Å²) in [6, 6.07) is -0.570. The largest absolute Gasteiger partial charge is 0.481 e. The average Bonchev–Trinajstić information content (AvgIpc) is 2.74. The van der Waals surface area contributed by atoms with E-state index in [9.17, 15) is 18.0 Å². The summed E-state index contributed by atoms with van der Waals surface area (Å²) in [4.78, 5) is 22.0. The summed E-state index contributed by atoms with van der Waals surface area (Å²) in [7, 11) is -2.73. The van der Waals surface area contributed by atoms with E-state index in [1.807, 2.05) is 0 Å². The van der Waals surface area contributed by atoms with Crippen LogP contribution in [-0.4, -0.2) is 54.7 Å². The zero-order chi connectivity index (χ0) is 13.9. The van der Waals surface area contributed by atoms with Crippen molar-refractivity contribution in [2.75, 3.05) is 13.7 Å². The second-order valence-electron chi connectivity index (χ2n) is 4.21. The van der Waals surface area contributed by atoms with E-state index < -0.39 is 33.3 Å². The van der Waals surface area contributed by atoms with Crippen LogP contribution >= 0.6 is 0 Å². The van der Waals surface area contributed by atoms with Crippen LogP contribution in [0, 0.1) is 0 Å². The van der Waals surface area contributed by atoms with Gasteiger partial charge in [0, 0.05) is 12.6 Å². The lowest BCUT2D eigenvalue weighted by Gasteiger charge is -2.25. The molecule has 0 bridgehead atoms. The van der Waals surface area contributed by atoms with Crippen molar-refractivity contribution < 1.29 is 27.9 Å². The van der Waals surface area contributed by atoms with Crippen LogP contribution in [0.25, 0.3) is 0 Å². The first kappa shape index (κ1) is 14.9. The Balaban J connectivity index is 2.90. The van der Waals surface area contributed by atoms with E-state index in [0.29, 0.717) is 12.8 Å². The van der Waals surface area contributed by atoms with Crippen molar-refractivity contribution in [3.05, 3.63) is 0 Å². The first-order valence-corrected chi connectivity index (χ1v) is 7.11. The summed E-state index contributed by atoms with van der Waals surface area (Å²) >= 11 is 0. The second kappa shape index (κ2) is 5.66. The van der Waals surface area contributed by atoms with Gasteiger partial charge in [-0.05, 0) is 19.8 Å². The fourth-order valence-corrected chi connectivity index (χ4v) is 3.77. The fourth-order valence-electron chi connectivity index (χ4n) is 2.04. The van der Waals surface area contributed by atoms with Gasteiger partial charge >= 0.3 is 11.9 Å². The topological polar surface area (TPSA) is 101 Å². The number of carbonyl (C=O) groups is 2. The van der Waals surface area contributed by atoms with E-state index in [4.69, 9.17) is 5.11 Å². The number of esters is 1. The van der Waals surface area contributed by atoms with Gasteiger partial charge < -0.3 is 9.84 Å². The van der Waals surface area contributed by atoms with Gasteiger partial charge in [0.25, 0.3) is 0 Å². The first-order chi connectivity index (χ1) is 8.30. The molecule has 1 N–H and O–H groups in total. The fraction of sp³-hybridized carbons (Fsp3) is 0.800. The van der Waals surface area contributed by atoms with Gasteiger partial charge in [0.15, 0.2) is 5.25 Å². The van der Waals surface area contributed by atoms with Gasteiger partial charge in [-0.1, -0.05) is 0 Å². The Hall–Kier alpha value is -1.15. The smallest absolute Gasteiger partial charge is 0.325 e. The van der Waals surface area contributed by atoms with Crippen LogP contribution in [0.3, 0.4) is 0 Å². The zero-order valence-electron chi connectivity index (χ0n) is 10.3. The molecule has 0 spiro atoms. The Morgan fingerprint density at radius 2 is 2.11 bits per heavy atom. The van der Waals surface area contributed by atoms with Crippen LogP contribution in [0.1, 0.15) is 26.2 Å². The van der Waals surface area contributed by atoms with Crippen LogP contribution in [0.4, 0.5) is 0 Å². The normalized spacial score (nSPS) is 22.7. The van der Waals surface area contributed by atoms with Crippen LogP contribution in [-0.2, 0) is 24.3 Å². The van der Waals surface area contributed by atoms with Gasteiger partial charge in [-0.25, -0.2) is 8.42 Å². The Morgan fingerprint density at radius 3 is 2.61 bits per heavy atom. The third-order valence-electron chi connectivity index (χ3n) is 3.04. The van der Waals surface area contributed by atoms with Crippen molar-refractivity contribution in [3.8, 4) is 0 Å². The summed E-state index contributed by atoms with van der Waals surface area (Å²) in [6.45, 7) is 1.50. The van der Waals surface area contributed by atoms with Crippen molar-refractivity contribution in [1.29, 1.82) is 0 Å². The molecule has 1 heterocycles.